The summed E-state index contributed by atoms with van der Waals surface area (Å²) < 4.78 is 10.6. The fraction of sp³-hybridized carbons (Fsp3) is 0.400. The van der Waals surface area contributed by atoms with E-state index in [1.54, 1.807) is 13.8 Å². The van der Waals surface area contributed by atoms with Crippen LogP contribution in [0.1, 0.15) is 43.7 Å². The standard InChI is InChI=1S/C25H30N2O6/c1-25(2,13-12-22(28)29)27-23(30)21(15-32-3)26-24(31)33-14-20-18-10-6-4-8-16(18)17-9-5-7-11-19(17)20/h4-11,20-21H,12-15H2,1-3H3,(H,26,31)(H,27,30)(H,28,29). The highest BCUT2D eigenvalue weighted by atomic mass is 16.5. The molecule has 0 aromatic heterocycles. The van der Waals surface area contributed by atoms with Crippen LogP contribution in [0.5, 0.6) is 0 Å². The van der Waals surface area contributed by atoms with Gasteiger partial charge in [0.15, 0.2) is 0 Å². The van der Waals surface area contributed by atoms with Crippen molar-refractivity contribution in [3.05, 3.63) is 59.7 Å². The number of aliphatic carboxylic acids is 1. The number of hydrogen-bond donors (Lipinski definition) is 3. The predicted octanol–water partition coefficient (Wildman–Crippen LogP) is 3.30. The molecule has 0 spiro atoms. The van der Waals surface area contributed by atoms with Crippen LogP contribution < -0.4 is 10.6 Å². The Morgan fingerprint density at radius 1 is 1.03 bits per heavy atom. The number of benzene rings is 2. The van der Waals surface area contributed by atoms with E-state index in [0.29, 0.717) is 0 Å². The van der Waals surface area contributed by atoms with Gasteiger partial charge in [-0.1, -0.05) is 48.5 Å². The average Bonchev–Trinajstić information content (AvgIpc) is 3.09. The first-order chi connectivity index (χ1) is 15.7. The summed E-state index contributed by atoms with van der Waals surface area (Å²) >= 11 is 0. The van der Waals surface area contributed by atoms with Gasteiger partial charge in [-0.05, 0) is 42.5 Å². The third-order valence-corrected chi connectivity index (χ3v) is 5.71. The highest BCUT2D eigenvalue weighted by Gasteiger charge is 2.31. The second kappa shape index (κ2) is 10.5. The Balaban J connectivity index is 1.61. The summed E-state index contributed by atoms with van der Waals surface area (Å²) in [5.74, 6) is -1.50. The summed E-state index contributed by atoms with van der Waals surface area (Å²) in [6.45, 7) is 3.53. The Kier molecular flexibility index (Phi) is 7.71. The van der Waals surface area contributed by atoms with Crippen LogP contribution in [0.25, 0.3) is 11.1 Å². The molecule has 0 heterocycles. The number of carbonyl (C=O) groups is 3. The van der Waals surface area contributed by atoms with E-state index in [1.165, 1.54) is 7.11 Å². The first kappa shape index (κ1) is 24.3. The maximum atomic E-state index is 12.7. The molecule has 1 aliphatic rings. The molecule has 0 saturated carbocycles. The quantitative estimate of drug-likeness (QED) is 0.508. The number of methoxy groups -OCH3 is 1. The third-order valence-electron chi connectivity index (χ3n) is 5.71. The maximum absolute atomic E-state index is 12.7. The lowest BCUT2D eigenvalue weighted by atomic mass is 9.98. The molecule has 176 valence electrons. The molecule has 3 rings (SSSR count). The summed E-state index contributed by atoms with van der Waals surface area (Å²) in [5, 5.41) is 14.2. The van der Waals surface area contributed by atoms with Crippen LogP contribution in [0.15, 0.2) is 48.5 Å². The van der Waals surface area contributed by atoms with Gasteiger partial charge in [-0.25, -0.2) is 4.79 Å². The van der Waals surface area contributed by atoms with Crippen LogP contribution in [-0.2, 0) is 19.1 Å². The van der Waals surface area contributed by atoms with E-state index in [0.717, 1.165) is 22.3 Å². The highest BCUT2D eigenvalue weighted by Crippen LogP contribution is 2.44. The minimum absolute atomic E-state index is 0.0506. The van der Waals surface area contributed by atoms with E-state index in [9.17, 15) is 14.4 Å². The number of ether oxygens (including phenoxy) is 2. The molecule has 0 fully saturated rings. The zero-order valence-electron chi connectivity index (χ0n) is 19.1. The van der Waals surface area contributed by atoms with Crippen molar-refractivity contribution < 1.29 is 29.0 Å². The van der Waals surface area contributed by atoms with Crippen molar-refractivity contribution in [1.29, 1.82) is 0 Å². The van der Waals surface area contributed by atoms with E-state index < -0.39 is 29.6 Å². The second-order valence-electron chi connectivity index (χ2n) is 8.74. The van der Waals surface area contributed by atoms with E-state index in [2.05, 4.69) is 22.8 Å². The van der Waals surface area contributed by atoms with Gasteiger partial charge < -0.3 is 25.2 Å². The minimum atomic E-state index is -0.977. The highest BCUT2D eigenvalue weighted by molar-refractivity contribution is 5.86. The predicted molar refractivity (Wildman–Crippen MR) is 123 cm³/mol. The number of rotatable bonds is 10. The molecule has 0 saturated heterocycles. The summed E-state index contributed by atoms with van der Waals surface area (Å²) in [5.41, 5.74) is 3.69. The minimum Gasteiger partial charge on any atom is -0.481 e. The third kappa shape index (κ3) is 6.10. The number of alkyl carbamates (subject to hydrolysis) is 1. The monoisotopic (exact) mass is 454 g/mol. The molecule has 2 amide bonds. The molecule has 0 aliphatic heterocycles. The average molecular weight is 455 g/mol. The van der Waals surface area contributed by atoms with Crippen LogP contribution in [0.4, 0.5) is 4.79 Å². The molecule has 2 aromatic rings. The first-order valence-corrected chi connectivity index (χ1v) is 10.9. The lowest BCUT2D eigenvalue weighted by Gasteiger charge is -2.28. The molecular formula is C25H30N2O6. The fourth-order valence-electron chi connectivity index (χ4n) is 4.03. The Morgan fingerprint density at radius 2 is 1.61 bits per heavy atom. The summed E-state index contributed by atoms with van der Waals surface area (Å²) in [7, 11) is 1.43. The molecule has 0 bridgehead atoms. The number of amides is 2. The van der Waals surface area contributed by atoms with E-state index >= 15 is 0 Å². The maximum Gasteiger partial charge on any atom is 0.407 e. The van der Waals surface area contributed by atoms with Gasteiger partial charge in [0.2, 0.25) is 5.91 Å². The molecule has 8 nitrogen and oxygen atoms in total. The first-order valence-electron chi connectivity index (χ1n) is 10.9. The zero-order valence-corrected chi connectivity index (χ0v) is 19.1. The fourth-order valence-corrected chi connectivity index (χ4v) is 4.03. The van der Waals surface area contributed by atoms with E-state index in [4.69, 9.17) is 14.6 Å². The second-order valence-corrected chi connectivity index (χ2v) is 8.74. The molecule has 1 atom stereocenters. The van der Waals surface area contributed by atoms with Gasteiger partial charge in [0.1, 0.15) is 12.6 Å². The number of nitrogens with one attached hydrogen (secondary N) is 2. The van der Waals surface area contributed by atoms with Gasteiger partial charge >= 0.3 is 12.1 Å². The van der Waals surface area contributed by atoms with Crippen molar-refractivity contribution in [2.24, 2.45) is 0 Å². The Labute approximate surface area is 193 Å². The van der Waals surface area contributed by atoms with E-state index in [1.807, 2.05) is 36.4 Å². The van der Waals surface area contributed by atoms with Gasteiger partial charge in [0.05, 0.1) is 6.61 Å². The number of fused-ring (bicyclic) bond motifs is 3. The van der Waals surface area contributed by atoms with Crippen molar-refractivity contribution in [3.8, 4) is 11.1 Å². The smallest absolute Gasteiger partial charge is 0.407 e. The summed E-state index contributed by atoms with van der Waals surface area (Å²) in [4.78, 5) is 36.1. The summed E-state index contributed by atoms with van der Waals surface area (Å²) in [6.07, 6.45) is -0.557. The number of carboxylic acids is 1. The number of hydrogen-bond acceptors (Lipinski definition) is 5. The lowest BCUT2D eigenvalue weighted by molar-refractivity contribution is -0.138. The molecule has 33 heavy (non-hydrogen) atoms. The van der Waals surface area contributed by atoms with Gasteiger partial charge in [0, 0.05) is 25.0 Å². The summed E-state index contributed by atoms with van der Waals surface area (Å²) in [6, 6.07) is 15.1. The van der Waals surface area contributed by atoms with Crippen LogP contribution in [-0.4, -0.2) is 55.0 Å². The normalized spacial score (nSPS) is 13.5. The topological polar surface area (TPSA) is 114 Å². The Hall–Kier alpha value is -3.39. The van der Waals surface area contributed by atoms with Gasteiger partial charge in [-0.3, -0.25) is 9.59 Å². The van der Waals surface area contributed by atoms with Crippen LogP contribution in [0.3, 0.4) is 0 Å². The van der Waals surface area contributed by atoms with Gasteiger partial charge in [-0.15, -0.1) is 0 Å². The van der Waals surface area contributed by atoms with Crippen LogP contribution in [0, 0.1) is 0 Å². The van der Waals surface area contributed by atoms with Crippen molar-refractivity contribution in [1.82, 2.24) is 10.6 Å². The SMILES string of the molecule is COCC(NC(=O)OCC1c2ccccc2-c2ccccc21)C(=O)NC(C)(C)CCC(=O)O. The van der Waals surface area contributed by atoms with Crippen molar-refractivity contribution in [2.45, 2.75) is 44.2 Å². The van der Waals surface area contributed by atoms with Gasteiger partial charge in [0.25, 0.3) is 0 Å². The van der Waals surface area contributed by atoms with Crippen molar-refractivity contribution in [3.63, 3.8) is 0 Å². The molecule has 2 aromatic carbocycles. The number of carbonyl (C=O) groups excluding carboxylic acids is 2. The Morgan fingerprint density at radius 3 is 2.15 bits per heavy atom. The van der Waals surface area contributed by atoms with Crippen molar-refractivity contribution >= 4 is 18.0 Å². The van der Waals surface area contributed by atoms with Gasteiger partial charge in [-0.2, -0.15) is 0 Å². The number of carboxylic acid groups (broad SMARTS) is 1. The molecule has 0 radical (unpaired) electrons. The molecule has 3 N–H and O–H groups in total. The zero-order chi connectivity index (χ0) is 24.0. The molecular weight excluding hydrogens is 424 g/mol. The van der Waals surface area contributed by atoms with Crippen LogP contribution in [0.2, 0.25) is 0 Å². The molecule has 1 aliphatic carbocycles. The largest absolute Gasteiger partial charge is 0.481 e. The van der Waals surface area contributed by atoms with E-state index in [-0.39, 0.29) is 32.0 Å². The van der Waals surface area contributed by atoms with Crippen LogP contribution >= 0.6 is 0 Å². The Bertz CT molecular complexity index is 974. The molecule has 1 unspecified atom stereocenters. The lowest BCUT2D eigenvalue weighted by Crippen LogP contribution is -2.55. The van der Waals surface area contributed by atoms with Crippen molar-refractivity contribution in [2.75, 3.05) is 20.3 Å². The molecule has 8 heteroatoms.